The Morgan fingerprint density at radius 1 is 1.35 bits per heavy atom. The van der Waals surface area contributed by atoms with Crippen molar-refractivity contribution >= 4 is 29.0 Å². The Balaban J connectivity index is 1.91. The highest BCUT2D eigenvalue weighted by atomic mass is 32.2. The predicted molar refractivity (Wildman–Crippen MR) is 95.1 cm³/mol. The Morgan fingerprint density at radius 3 is 2.65 bits per heavy atom. The number of benzene rings is 1. The van der Waals surface area contributed by atoms with Crippen molar-refractivity contribution in [3.05, 3.63) is 30.1 Å². The third-order valence-corrected chi connectivity index (χ3v) is 4.26. The quantitative estimate of drug-likeness (QED) is 0.762. The first-order valence-electron chi connectivity index (χ1n) is 7.65. The minimum absolute atomic E-state index is 0.0607. The van der Waals surface area contributed by atoms with Gasteiger partial charge in [-0.05, 0) is 37.6 Å². The lowest BCUT2D eigenvalue weighted by Gasteiger charge is -2.14. The van der Waals surface area contributed by atoms with Crippen molar-refractivity contribution in [2.45, 2.75) is 37.1 Å². The Hall–Kier alpha value is -2.02. The first-order valence-corrected chi connectivity index (χ1v) is 8.53. The van der Waals surface area contributed by atoms with Crippen LogP contribution in [0.5, 0.6) is 0 Å². The number of carbonyl (C=O) groups excluding carboxylic acids is 1. The first kappa shape index (κ1) is 17.3. The second kappa shape index (κ2) is 8.01. The van der Waals surface area contributed by atoms with Gasteiger partial charge in [-0.25, -0.2) is 4.98 Å². The molecule has 1 aromatic carbocycles. The minimum atomic E-state index is -0.270. The Morgan fingerprint density at radius 2 is 2.04 bits per heavy atom. The van der Waals surface area contributed by atoms with Crippen molar-refractivity contribution < 1.29 is 4.79 Å². The zero-order valence-corrected chi connectivity index (χ0v) is 14.8. The van der Waals surface area contributed by atoms with E-state index in [1.807, 2.05) is 50.2 Å². The number of nitrogens with one attached hydrogen (secondary N) is 2. The molecule has 6 nitrogen and oxygen atoms in total. The molecule has 23 heavy (non-hydrogen) atoms. The van der Waals surface area contributed by atoms with Crippen molar-refractivity contribution in [3.63, 3.8) is 0 Å². The maximum absolute atomic E-state index is 12.3. The van der Waals surface area contributed by atoms with Gasteiger partial charge in [-0.2, -0.15) is 0 Å². The summed E-state index contributed by atoms with van der Waals surface area (Å²) >= 11 is 1.35. The largest absolute Gasteiger partial charge is 0.378 e. The number of thioether (sulfide) groups is 1. The van der Waals surface area contributed by atoms with Crippen LogP contribution in [0, 0.1) is 0 Å². The van der Waals surface area contributed by atoms with Gasteiger partial charge in [0.05, 0.1) is 5.25 Å². The van der Waals surface area contributed by atoms with Crippen LogP contribution in [0.2, 0.25) is 0 Å². The van der Waals surface area contributed by atoms with Crippen molar-refractivity contribution in [1.82, 2.24) is 15.2 Å². The van der Waals surface area contributed by atoms with Crippen LogP contribution in [0.3, 0.4) is 0 Å². The van der Waals surface area contributed by atoms with Crippen LogP contribution in [-0.4, -0.2) is 40.4 Å². The van der Waals surface area contributed by atoms with E-state index in [9.17, 15) is 4.79 Å². The smallest absolute Gasteiger partial charge is 0.237 e. The molecule has 2 aromatic rings. The molecule has 0 aliphatic carbocycles. The number of anilines is 2. The second-order valence-electron chi connectivity index (χ2n) is 5.51. The molecule has 1 aromatic heterocycles. The number of hydrogen-bond donors (Lipinski definition) is 2. The maximum atomic E-state index is 12.3. The van der Waals surface area contributed by atoms with Gasteiger partial charge in [-0.3, -0.25) is 9.89 Å². The molecule has 2 N–H and O–H groups in total. The molecule has 1 atom stereocenters. The minimum Gasteiger partial charge on any atom is -0.378 e. The van der Waals surface area contributed by atoms with Crippen molar-refractivity contribution in [2.75, 3.05) is 24.3 Å². The number of aromatic nitrogens is 3. The number of rotatable bonds is 7. The summed E-state index contributed by atoms with van der Waals surface area (Å²) < 4.78 is 0. The summed E-state index contributed by atoms with van der Waals surface area (Å²) in [5, 5.41) is 10.3. The molecule has 2 rings (SSSR count). The van der Waals surface area contributed by atoms with E-state index in [2.05, 4.69) is 27.4 Å². The predicted octanol–water partition coefficient (Wildman–Crippen LogP) is 2.94. The molecular weight excluding hydrogens is 310 g/mol. The van der Waals surface area contributed by atoms with Gasteiger partial charge >= 0.3 is 0 Å². The van der Waals surface area contributed by atoms with Crippen LogP contribution in [0.25, 0.3) is 0 Å². The Labute approximate surface area is 141 Å². The summed E-state index contributed by atoms with van der Waals surface area (Å²) in [4.78, 5) is 18.6. The fourth-order valence-corrected chi connectivity index (χ4v) is 2.72. The molecule has 1 amide bonds. The van der Waals surface area contributed by atoms with Gasteiger partial charge < -0.3 is 10.2 Å². The van der Waals surface area contributed by atoms with Gasteiger partial charge in [0.2, 0.25) is 11.1 Å². The number of aryl methyl sites for hydroxylation is 1. The summed E-state index contributed by atoms with van der Waals surface area (Å²) in [5.74, 6) is 0.802. The highest BCUT2D eigenvalue weighted by Gasteiger charge is 2.17. The van der Waals surface area contributed by atoms with E-state index < -0.39 is 0 Å². The second-order valence-corrected chi connectivity index (χ2v) is 6.81. The standard InChI is InChI=1S/C16H23N5OS/c1-5-6-14-18-16(20-19-14)23-11(2)15(22)17-12-7-9-13(10-8-12)21(3)4/h7-11H,5-6H2,1-4H3,(H,17,22)(H,18,19,20)/t11-/m0/s1. The molecule has 124 valence electrons. The summed E-state index contributed by atoms with van der Waals surface area (Å²) in [6.07, 6.45) is 1.88. The average Bonchev–Trinajstić information content (AvgIpc) is 2.95. The third kappa shape index (κ3) is 4.99. The van der Waals surface area contributed by atoms with Crippen LogP contribution in [-0.2, 0) is 11.2 Å². The van der Waals surface area contributed by atoms with Crippen LogP contribution >= 0.6 is 11.8 Å². The van der Waals surface area contributed by atoms with Crippen LogP contribution in [0.4, 0.5) is 11.4 Å². The molecule has 0 saturated carbocycles. The van der Waals surface area contributed by atoms with E-state index in [-0.39, 0.29) is 11.2 Å². The van der Waals surface area contributed by atoms with Gasteiger partial charge in [-0.1, -0.05) is 18.7 Å². The Bertz CT molecular complexity index is 638. The van der Waals surface area contributed by atoms with Gasteiger partial charge in [0.25, 0.3) is 0 Å². The zero-order chi connectivity index (χ0) is 16.8. The summed E-state index contributed by atoms with van der Waals surface area (Å²) in [6, 6.07) is 7.74. The first-order chi connectivity index (χ1) is 11.0. The van der Waals surface area contributed by atoms with Gasteiger partial charge in [-0.15, -0.1) is 5.10 Å². The zero-order valence-electron chi connectivity index (χ0n) is 14.0. The molecule has 0 radical (unpaired) electrons. The highest BCUT2D eigenvalue weighted by Crippen LogP contribution is 2.21. The summed E-state index contributed by atoms with van der Waals surface area (Å²) in [7, 11) is 3.96. The third-order valence-electron chi connectivity index (χ3n) is 3.30. The molecule has 1 heterocycles. The van der Waals surface area contributed by atoms with E-state index in [0.717, 1.165) is 30.0 Å². The fraction of sp³-hybridized carbons (Fsp3) is 0.438. The molecule has 0 saturated heterocycles. The molecule has 0 spiro atoms. The van der Waals surface area contributed by atoms with E-state index in [0.29, 0.717) is 5.16 Å². The van der Waals surface area contributed by atoms with E-state index in [1.54, 1.807) is 0 Å². The molecule has 0 bridgehead atoms. The molecule has 0 aliphatic heterocycles. The molecule has 0 fully saturated rings. The van der Waals surface area contributed by atoms with Gasteiger partial charge in [0.1, 0.15) is 5.82 Å². The topological polar surface area (TPSA) is 73.9 Å². The van der Waals surface area contributed by atoms with Crippen LogP contribution in [0.1, 0.15) is 26.1 Å². The van der Waals surface area contributed by atoms with Crippen molar-refractivity contribution in [2.24, 2.45) is 0 Å². The fourth-order valence-electron chi connectivity index (χ4n) is 1.98. The van der Waals surface area contributed by atoms with Crippen molar-refractivity contribution in [3.8, 4) is 0 Å². The number of hydrogen-bond acceptors (Lipinski definition) is 5. The summed E-state index contributed by atoms with van der Waals surface area (Å²) in [5.41, 5.74) is 1.88. The lowest BCUT2D eigenvalue weighted by Crippen LogP contribution is -2.22. The van der Waals surface area contributed by atoms with Crippen LogP contribution in [0.15, 0.2) is 29.4 Å². The van der Waals surface area contributed by atoms with E-state index in [1.165, 1.54) is 11.8 Å². The Kier molecular flexibility index (Phi) is 6.04. The SMILES string of the molecule is CCCc1nc(S[C@@H](C)C(=O)Nc2ccc(N(C)C)cc2)n[nH]1. The monoisotopic (exact) mass is 333 g/mol. The number of amides is 1. The van der Waals surface area contributed by atoms with Crippen molar-refractivity contribution in [1.29, 1.82) is 0 Å². The van der Waals surface area contributed by atoms with Gasteiger partial charge in [0, 0.05) is 31.9 Å². The number of carbonyl (C=O) groups is 1. The number of nitrogens with zero attached hydrogens (tertiary/aromatic N) is 3. The average molecular weight is 333 g/mol. The lowest BCUT2D eigenvalue weighted by molar-refractivity contribution is -0.115. The number of H-pyrrole nitrogens is 1. The molecular formula is C16H23N5OS. The molecule has 7 heteroatoms. The summed E-state index contributed by atoms with van der Waals surface area (Å²) in [6.45, 7) is 3.94. The maximum Gasteiger partial charge on any atom is 0.237 e. The van der Waals surface area contributed by atoms with Crippen LogP contribution < -0.4 is 10.2 Å². The van der Waals surface area contributed by atoms with Gasteiger partial charge in [0.15, 0.2) is 0 Å². The normalized spacial score (nSPS) is 12.0. The lowest BCUT2D eigenvalue weighted by atomic mass is 10.2. The highest BCUT2D eigenvalue weighted by molar-refractivity contribution is 8.00. The van der Waals surface area contributed by atoms with E-state index >= 15 is 0 Å². The molecule has 0 unspecified atom stereocenters. The van der Waals surface area contributed by atoms with E-state index in [4.69, 9.17) is 0 Å². The molecule has 0 aliphatic rings. The number of aromatic amines is 1.